The molecule has 0 aliphatic carbocycles. The molecular weight excluding hydrogens is 477 g/mol. The molecule has 0 saturated heterocycles. The zero-order valence-corrected chi connectivity index (χ0v) is 20.7. The van der Waals surface area contributed by atoms with Gasteiger partial charge in [-0.3, -0.25) is 14.6 Å². The van der Waals surface area contributed by atoms with Gasteiger partial charge in [-0.2, -0.15) is 0 Å². The van der Waals surface area contributed by atoms with Crippen LogP contribution in [-0.2, 0) is 16.0 Å². The summed E-state index contributed by atoms with van der Waals surface area (Å²) in [5.41, 5.74) is 1.76. The predicted molar refractivity (Wildman–Crippen MR) is 138 cm³/mol. The van der Waals surface area contributed by atoms with Crippen molar-refractivity contribution in [1.29, 1.82) is 0 Å². The molecule has 4 aromatic rings. The monoisotopic (exact) mass is 503 g/mol. The smallest absolute Gasteiger partial charge is 0.313 e. The Labute approximate surface area is 213 Å². The second-order valence-electron chi connectivity index (χ2n) is 8.20. The third-order valence-corrected chi connectivity index (χ3v) is 5.74. The number of carbonyl (C=O) groups is 2. The van der Waals surface area contributed by atoms with Crippen LogP contribution in [0.5, 0.6) is 23.0 Å². The number of halogens is 1. The average Bonchev–Trinajstić information content (AvgIpc) is 2.92. The number of pyridine rings is 1. The summed E-state index contributed by atoms with van der Waals surface area (Å²) >= 11 is 0. The third kappa shape index (κ3) is 5.95. The normalized spacial score (nSPS) is 10.6. The molecule has 37 heavy (non-hydrogen) atoms. The van der Waals surface area contributed by atoms with E-state index >= 15 is 0 Å². The van der Waals surface area contributed by atoms with Gasteiger partial charge < -0.3 is 24.4 Å². The second-order valence-corrected chi connectivity index (χ2v) is 8.20. The van der Waals surface area contributed by atoms with Crippen molar-refractivity contribution in [2.45, 2.75) is 6.42 Å². The summed E-state index contributed by atoms with van der Waals surface area (Å²) in [6.07, 6.45) is 2.15. The first-order valence-electron chi connectivity index (χ1n) is 11.5. The minimum absolute atomic E-state index is 0.0633. The molecule has 3 aromatic carbocycles. The number of rotatable bonds is 8. The van der Waals surface area contributed by atoms with Crippen LogP contribution in [0.2, 0.25) is 0 Å². The van der Waals surface area contributed by atoms with Crippen molar-refractivity contribution in [3.63, 3.8) is 0 Å². The van der Waals surface area contributed by atoms with Gasteiger partial charge in [-0.25, -0.2) is 4.39 Å². The number of fused-ring (bicyclic) bond motifs is 1. The number of hydrogen-bond donors (Lipinski definition) is 1. The SMILES string of the molecule is COc1cc2nccc(Oc3ccc(NC(=O)C(=O)N(C)CCc4ccccc4)cc3F)c2cc1OC. The van der Waals surface area contributed by atoms with E-state index in [1.54, 1.807) is 25.2 Å². The standard InChI is InChI=1S/C28H26FN3O5/c1-32(14-12-18-7-5-4-6-8-18)28(34)27(33)31-19-9-10-24(21(29)15-19)37-23-11-13-30-22-17-26(36-3)25(35-2)16-20(22)23/h4-11,13,15-17H,12,14H2,1-3H3,(H,31,33). The lowest BCUT2D eigenvalue weighted by atomic mass is 10.1. The van der Waals surface area contributed by atoms with Gasteiger partial charge in [0, 0.05) is 43.0 Å². The first-order chi connectivity index (χ1) is 17.9. The number of likely N-dealkylation sites (N-methyl/N-ethyl adjacent to an activating group) is 1. The summed E-state index contributed by atoms with van der Waals surface area (Å²) in [6.45, 7) is 0.369. The molecule has 1 N–H and O–H groups in total. The lowest BCUT2D eigenvalue weighted by Gasteiger charge is -2.17. The van der Waals surface area contributed by atoms with E-state index in [4.69, 9.17) is 14.2 Å². The summed E-state index contributed by atoms with van der Waals surface area (Å²) in [5, 5.41) is 3.04. The highest BCUT2D eigenvalue weighted by Gasteiger charge is 2.20. The summed E-state index contributed by atoms with van der Waals surface area (Å²) in [7, 11) is 4.58. The van der Waals surface area contributed by atoms with E-state index in [0.29, 0.717) is 41.1 Å². The molecule has 2 amide bonds. The molecule has 0 atom stereocenters. The lowest BCUT2D eigenvalue weighted by Crippen LogP contribution is -2.38. The Kier molecular flexibility index (Phi) is 7.83. The lowest BCUT2D eigenvalue weighted by molar-refractivity contribution is -0.142. The van der Waals surface area contributed by atoms with E-state index in [2.05, 4.69) is 10.3 Å². The Morgan fingerprint density at radius 1 is 0.919 bits per heavy atom. The number of anilines is 1. The molecule has 0 fully saturated rings. The first-order valence-corrected chi connectivity index (χ1v) is 11.5. The largest absolute Gasteiger partial charge is 0.493 e. The maximum absolute atomic E-state index is 14.9. The molecule has 1 aromatic heterocycles. The Morgan fingerprint density at radius 2 is 1.65 bits per heavy atom. The van der Waals surface area contributed by atoms with Crippen molar-refractivity contribution in [3.8, 4) is 23.0 Å². The van der Waals surface area contributed by atoms with E-state index in [1.807, 2.05) is 30.3 Å². The van der Waals surface area contributed by atoms with E-state index in [1.165, 1.54) is 37.4 Å². The van der Waals surface area contributed by atoms with Crippen molar-refractivity contribution in [2.75, 3.05) is 33.1 Å². The number of benzene rings is 3. The molecule has 0 bridgehead atoms. The molecule has 0 unspecified atom stereocenters. The number of nitrogens with one attached hydrogen (secondary N) is 1. The minimum atomic E-state index is -0.857. The van der Waals surface area contributed by atoms with Crippen LogP contribution < -0.4 is 19.5 Å². The molecule has 0 saturated carbocycles. The molecule has 4 rings (SSSR count). The van der Waals surface area contributed by atoms with E-state index < -0.39 is 17.6 Å². The maximum atomic E-state index is 14.9. The van der Waals surface area contributed by atoms with Gasteiger partial charge in [-0.15, -0.1) is 0 Å². The molecular formula is C28H26FN3O5. The van der Waals surface area contributed by atoms with E-state index in [0.717, 1.165) is 11.6 Å². The highest BCUT2D eigenvalue weighted by molar-refractivity contribution is 6.39. The molecule has 0 radical (unpaired) electrons. The van der Waals surface area contributed by atoms with Crippen LogP contribution in [0.3, 0.4) is 0 Å². The number of carbonyl (C=O) groups excluding carboxylic acids is 2. The maximum Gasteiger partial charge on any atom is 0.313 e. The number of ether oxygens (including phenoxy) is 3. The second kappa shape index (κ2) is 11.4. The highest BCUT2D eigenvalue weighted by Crippen LogP contribution is 2.37. The Bertz CT molecular complexity index is 1430. The van der Waals surface area contributed by atoms with Gasteiger partial charge in [0.2, 0.25) is 0 Å². The first kappa shape index (κ1) is 25.4. The number of hydrogen-bond acceptors (Lipinski definition) is 6. The summed E-state index contributed by atoms with van der Waals surface area (Å²) in [6, 6.07) is 18.6. The van der Waals surface area contributed by atoms with Crippen molar-refractivity contribution in [3.05, 3.63) is 84.3 Å². The predicted octanol–water partition coefficient (Wildman–Crippen LogP) is 4.82. The molecule has 0 spiro atoms. The molecule has 1 heterocycles. The van der Waals surface area contributed by atoms with Gasteiger partial charge >= 0.3 is 11.8 Å². The van der Waals surface area contributed by atoms with Crippen molar-refractivity contribution < 1.29 is 28.2 Å². The molecule has 0 aliphatic rings. The van der Waals surface area contributed by atoms with Crippen LogP contribution in [0, 0.1) is 5.82 Å². The van der Waals surface area contributed by atoms with Crippen molar-refractivity contribution >= 4 is 28.4 Å². The zero-order chi connectivity index (χ0) is 26.4. The van der Waals surface area contributed by atoms with Crippen LogP contribution >= 0.6 is 0 Å². The fourth-order valence-corrected chi connectivity index (χ4v) is 3.72. The van der Waals surface area contributed by atoms with Gasteiger partial charge in [0.25, 0.3) is 0 Å². The average molecular weight is 504 g/mol. The van der Waals surface area contributed by atoms with Gasteiger partial charge in [-0.1, -0.05) is 30.3 Å². The zero-order valence-electron chi connectivity index (χ0n) is 20.7. The van der Waals surface area contributed by atoms with Crippen LogP contribution in [0.15, 0.2) is 72.9 Å². The summed E-state index contributed by atoms with van der Waals surface area (Å²) < 4.78 is 31.4. The number of amides is 2. The van der Waals surface area contributed by atoms with Crippen LogP contribution in [0.4, 0.5) is 10.1 Å². The summed E-state index contributed by atoms with van der Waals surface area (Å²) in [4.78, 5) is 30.5. The van der Waals surface area contributed by atoms with Gasteiger partial charge in [-0.05, 0) is 36.2 Å². The quantitative estimate of drug-likeness (QED) is 0.347. The van der Waals surface area contributed by atoms with Crippen LogP contribution in [0.25, 0.3) is 10.9 Å². The number of nitrogens with zero attached hydrogens (tertiary/aromatic N) is 2. The fraction of sp³-hybridized carbons (Fsp3) is 0.179. The molecule has 9 heteroatoms. The topological polar surface area (TPSA) is 90.0 Å². The minimum Gasteiger partial charge on any atom is -0.493 e. The fourth-order valence-electron chi connectivity index (χ4n) is 3.72. The summed E-state index contributed by atoms with van der Waals surface area (Å²) in [5.74, 6) is -1.01. The van der Waals surface area contributed by atoms with Gasteiger partial charge in [0.05, 0.1) is 19.7 Å². The third-order valence-electron chi connectivity index (χ3n) is 5.74. The van der Waals surface area contributed by atoms with Crippen molar-refractivity contribution in [2.24, 2.45) is 0 Å². The van der Waals surface area contributed by atoms with Gasteiger partial charge in [0.15, 0.2) is 23.1 Å². The Morgan fingerprint density at radius 3 is 2.35 bits per heavy atom. The number of methoxy groups -OCH3 is 2. The Hall–Kier alpha value is -4.66. The molecule has 0 aliphatic heterocycles. The van der Waals surface area contributed by atoms with E-state index in [9.17, 15) is 14.0 Å². The van der Waals surface area contributed by atoms with Crippen LogP contribution in [0.1, 0.15) is 5.56 Å². The van der Waals surface area contributed by atoms with E-state index in [-0.39, 0.29) is 11.4 Å². The molecule has 190 valence electrons. The van der Waals surface area contributed by atoms with Crippen LogP contribution in [-0.4, -0.2) is 49.5 Å². The Balaban J connectivity index is 1.44. The molecule has 8 nitrogen and oxygen atoms in total. The van der Waals surface area contributed by atoms with Gasteiger partial charge in [0.1, 0.15) is 5.75 Å². The highest BCUT2D eigenvalue weighted by atomic mass is 19.1. The number of aromatic nitrogens is 1. The van der Waals surface area contributed by atoms with Crippen molar-refractivity contribution in [1.82, 2.24) is 9.88 Å².